The quantitative estimate of drug-likeness (QED) is 0.0218. The fraction of sp³-hybridized carbons (Fsp3) is 0.250. The van der Waals surface area contributed by atoms with Crippen LogP contribution in [0.3, 0.4) is 0 Å². The Kier molecular flexibility index (Phi) is 39.7. The molecule has 0 saturated carbocycles. The number of benzene rings is 15. The maximum Gasteiger partial charge on any atom is 0.186 e. The molecule has 0 fully saturated rings. The lowest BCUT2D eigenvalue weighted by Gasteiger charge is -2.41. The molecule has 0 aliphatic heterocycles. The number of ether oxygens (including phenoxy) is 15. The number of hydrogen-bond acceptors (Lipinski definition) is 16. The molecule has 0 saturated heterocycles. The summed E-state index contributed by atoms with van der Waals surface area (Å²) in [5, 5.41) is 12.7. The average molecular weight is 1820 g/mol. The van der Waals surface area contributed by atoms with E-state index in [2.05, 4.69) is 109 Å². The Bertz CT molecular complexity index is 5560. The van der Waals surface area contributed by atoms with Crippen molar-refractivity contribution >= 4 is 0 Å². The molecule has 16 nitrogen and oxygen atoms in total. The monoisotopic (exact) mass is 1820 g/mol. The molecule has 0 radical (unpaired) electrons. The van der Waals surface area contributed by atoms with Crippen molar-refractivity contribution in [2.24, 2.45) is 0 Å². The van der Waals surface area contributed by atoms with Crippen LogP contribution in [0.25, 0.3) is 0 Å². The molecule has 0 aliphatic carbocycles. The van der Waals surface area contributed by atoms with Gasteiger partial charge in [0.15, 0.2) is 12.6 Å². The average Bonchev–Trinajstić information content (AvgIpc) is 0.753. The molecular weight excluding hydrogens is 1700 g/mol. The van der Waals surface area contributed by atoms with Crippen molar-refractivity contribution in [2.45, 2.75) is 165 Å². The van der Waals surface area contributed by atoms with Crippen LogP contribution in [0.15, 0.2) is 455 Å². The largest absolute Gasteiger partial charge is 0.379 e. The van der Waals surface area contributed by atoms with Gasteiger partial charge in [-0.2, -0.15) is 0 Å². The molecule has 0 aromatic heterocycles. The van der Waals surface area contributed by atoms with Crippen LogP contribution in [0.4, 0.5) is 0 Å². The maximum absolute atomic E-state index is 12.7. The summed E-state index contributed by atoms with van der Waals surface area (Å²) in [5.74, 6) is 0. The lowest BCUT2D eigenvalue weighted by molar-refractivity contribution is -0.275. The van der Waals surface area contributed by atoms with Crippen LogP contribution in [0.5, 0.6) is 0 Å². The second kappa shape index (κ2) is 55.0. The second-order valence-corrected chi connectivity index (χ2v) is 33.5. The standard InChI is InChI=1S/C120H122O16/c121-118(133-88-103-66-36-11-37-67-103)116(131-86-101-62-32-9-33-63-101)115(130-85-100-60-30-8-31-61-100)109(124-79-94-48-18-2-19-49-94)90-122-77-76-108(123-78-93-46-16-1-17-47-93)112(127-82-97-54-24-5-25-55-97)117(132-87-102-64-34-10-35-65-102)119(134-89-104-68-38-12-39-69-104)135-91-110(125-80-95-50-20-3-21-51-95)113(128-83-98-56-26-6-27-57-98)114(129-84-99-58-28-7-29-59-99)111(126-81-96-52-22-4-23-53-96)92-136-120(105-70-40-13-41-71-105,106-72-42-14-43-73-106)107-74-44-15-45-75-107/h1-75,108-119,121H,76-92H2/t108-,109+,110+,111+,112-,113+,114+,115+,116-,117+,118-,119-/m0/s1. The zero-order chi connectivity index (χ0) is 92.7. The van der Waals surface area contributed by atoms with Gasteiger partial charge >= 0.3 is 0 Å². The van der Waals surface area contributed by atoms with E-state index in [4.69, 9.17) is 71.1 Å². The van der Waals surface area contributed by atoms with Crippen LogP contribution in [0.2, 0.25) is 0 Å². The Morgan fingerprint density at radius 2 is 0.375 bits per heavy atom. The fourth-order valence-corrected chi connectivity index (χ4v) is 16.5. The van der Waals surface area contributed by atoms with Gasteiger partial charge in [0.05, 0.1) is 105 Å². The van der Waals surface area contributed by atoms with Crippen molar-refractivity contribution in [1.29, 1.82) is 0 Å². The predicted molar refractivity (Wildman–Crippen MR) is 529 cm³/mol. The van der Waals surface area contributed by atoms with Crippen LogP contribution in [-0.2, 0) is 156 Å². The molecule has 0 heterocycles. The summed E-state index contributed by atoms with van der Waals surface area (Å²) in [6.07, 6.45) is -12.8. The van der Waals surface area contributed by atoms with E-state index in [1.165, 1.54) is 0 Å². The van der Waals surface area contributed by atoms with Gasteiger partial charge in [-0.05, 0) is 89.9 Å². The fourth-order valence-electron chi connectivity index (χ4n) is 16.5. The van der Waals surface area contributed by atoms with E-state index in [-0.39, 0.29) is 112 Å². The molecule has 0 bridgehead atoms. The zero-order valence-electron chi connectivity index (χ0n) is 76.8. The first-order chi connectivity index (χ1) is 67.4. The number of aliphatic hydroxyl groups is 1. The number of hydrogen-bond donors (Lipinski definition) is 1. The van der Waals surface area contributed by atoms with Gasteiger partial charge in [-0.1, -0.05) is 455 Å². The molecule has 16 heteroatoms. The van der Waals surface area contributed by atoms with Gasteiger partial charge in [0.2, 0.25) is 0 Å². The van der Waals surface area contributed by atoms with Gasteiger partial charge in [0, 0.05) is 6.61 Å². The van der Waals surface area contributed by atoms with Gasteiger partial charge in [-0.25, -0.2) is 0 Å². The Hall–Kier alpha value is -12.3. The number of aliphatic hydroxyl groups excluding tert-OH is 1. The molecule has 12 atom stereocenters. The molecule has 698 valence electrons. The summed E-state index contributed by atoms with van der Waals surface area (Å²) in [6.45, 7) is 1.15. The van der Waals surface area contributed by atoms with E-state index in [1.807, 2.05) is 346 Å². The Labute approximate surface area is 801 Å². The maximum atomic E-state index is 12.7. The minimum atomic E-state index is -1.52. The van der Waals surface area contributed by atoms with Gasteiger partial charge in [0.25, 0.3) is 0 Å². The first kappa shape index (κ1) is 98.2. The van der Waals surface area contributed by atoms with E-state index < -0.39 is 79.2 Å². The lowest BCUT2D eigenvalue weighted by Crippen LogP contribution is -2.54. The van der Waals surface area contributed by atoms with E-state index in [0.717, 1.165) is 83.5 Å². The highest BCUT2D eigenvalue weighted by molar-refractivity contribution is 5.48. The molecule has 0 unspecified atom stereocenters. The van der Waals surface area contributed by atoms with Crippen LogP contribution < -0.4 is 0 Å². The summed E-state index contributed by atoms with van der Waals surface area (Å²) in [6, 6.07) is 151. The Balaban J connectivity index is 0.846. The lowest BCUT2D eigenvalue weighted by atomic mass is 9.80. The molecule has 0 aliphatic rings. The van der Waals surface area contributed by atoms with E-state index in [0.29, 0.717) is 0 Å². The molecular formula is C120H122O16. The van der Waals surface area contributed by atoms with E-state index in [1.54, 1.807) is 0 Å². The molecule has 1 N–H and O–H groups in total. The van der Waals surface area contributed by atoms with Crippen molar-refractivity contribution in [1.82, 2.24) is 0 Å². The summed E-state index contributed by atoms with van der Waals surface area (Å²) >= 11 is 0. The minimum absolute atomic E-state index is 0.0455. The molecule has 0 spiro atoms. The number of rotatable bonds is 59. The third-order valence-corrected chi connectivity index (χ3v) is 23.7. The van der Waals surface area contributed by atoms with E-state index >= 15 is 0 Å². The Morgan fingerprint density at radius 3 is 0.654 bits per heavy atom. The highest BCUT2D eigenvalue weighted by atomic mass is 16.7. The molecule has 15 aromatic carbocycles. The third-order valence-electron chi connectivity index (χ3n) is 23.7. The molecule has 15 aromatic rings. The van der Waals surface area contributed by atoms with Crippen molar-refractivity contribution in [3.8, 4) is 0 Å². The first-order valence-corrected chi connectivity index (χ1v) is 46.9. The molecule has 0 amide bonds. The minimum Gasteiger partial charge on any atom is -0.379 e. The van der Waals surface area contributed by atoms with Crippen LogP contribution >= 0.6 is 0 Å². The summed E-state index contributed by atoms with van der Waals surface area (Å²) in [5.41, 5.74) is 12.3. The van der Waals surface area contributed by atoms with Crippen molar-refractivity contribution in [3.05, 3.63) is 538 Å². The van der Waals surface area contributed by atoms with Gasteiger partial charge in [-0.3, -0.25) is 0 Å². The van der Waals surface area contributed by atoms with Crippen LogP contribution in [-0.4, -0.2) is 105 Å². The molecule has 15 rings (SSSR count). The van der Waals surface area contributed by atoms with Crippen molar-refractivity contribution in [2.75, 3.05) is 26.4 Å². The second-order valence-electron chi connectivity index (χ2n) is 33.5. The highest BCUT2D eigenvalue weighted by Gasteiger charge is 2.46. The van der Waals surface area contributed by atoms with Gasteiger partial charge in [0.1, 0.15) is 60.5 Å². The van der Waals surface area contributed by atoms with Crippen LogP contribution in [0.1, 0.15) is 89.9 Å². The zero-order valence-corrected chi connectivity index (χ0v) is 76.8. The van der Waals surface area contributed by atoms with Gasteiger partial charge in [-0.15, -0.1) is 0 Å². The van der Waals surface area contributed by atoms with Crippen molar-refractivity contribution < 1.29 is 76.2 Å². The molecule has 136 heavy (non-hydrogen) atoms. The highest BCUT2D eigenvalue weighted by Crippen LogP contribution is 2.42. The summed E-state index contributed by atoms with van der Waals surface area (Å²) in [4.78, 5) is 0. The predicted octanol–water partition coefficient (Wildman–Crippen LogP) is 23.4. The Morgan fingerprint density at radius 1 is 0.176 bits per heavy atom. The SMILES string of the molecule is O[C@@H](OCc1ccccc1)[C@@H](OCc1ccccc1)[C@H](OCc1ccccc1)[C@@H](COCC[C@H](OCc1ccccc1)[C@H](OCc1ccccc1)[C@@H](OCc1ccccc1)[C@@H](OCc1ccccc1)OC[C@@H](OCc1ccccc1)[C@@H](OCc1ccccc1)[C@H](OCc1ccccc1)[C@@H](COC(c1ccccc1)(c1ccccc1)c1ccccc1)OCc1ccccc1)OCc1ccccc1. The van der Waals surface area contributed by atoms with Crippen molar-refractivity contribution in [3.63, 3.8) is 0 Å². The normalized spacial score (nSPS) is 14.4. The van der Waals surface area contributed by atoms with E-state index in [9.17, 15) is 5.11 Å². The summed E-state index contributed by atoms with van der Waals surface area (Å²) < 4.78 is 112. The van der Waals surface area contributed by atoms with Crippen LogP contribution in [0, 0.1) is 0 Å². The van der Waals surface area contributed by atoms with Gasteiger partial charge < -0.3 is 76.2 Å². The topological polar surface area (TPSA) is 159 Å². The third kappa shape index (κ3) is 30.8. The summed E-state index contributed by atoms with van der Waals surface area (Å²) in [7, 11) is 0. The first-order valence-electron chi connectivity index (χ1n) is 46.9. The smallest absolute Gasteiger partial charge is 0.186 e.